The maximum atomic E-state index is 13.3. The molecule has 0 aliphatic carbocycles. The minimum atomic E-state index is -3.90. The van der Waals surface area contributed by atoms with Crippen LogP contribution in [0.1, 0.15) is 6.92 Å². The molecular formula is C22H19N3O4S. The van der Waals surface area contributed by atoms with Gasteiger partial charge in [0.15, 0.2) is 0 Å². The van der Waals surface area contributed by atoms with Crippen LogP contribution in [0.5, 0.6) is 0 Å². The Morgan fingerprint density at radius 2 is 1.60 bits per heavy atom. The van der Waals surface area contributed by atoms with Gasteiger partial charge in [-0.1, -0.05) is 36.4 Å². The van der Waals surface area contributed by atoms with Crippen molar-refractivity contribution in [3.8, 4) is 5.69 Å². The molecule has 1 aromatic heterocycles. The second kappa shape index (κ2) is 7.64. The van der Waals surface area contributed by atoms with E-state index in [2.05, 4.69) is 4.98 Å². The van der Waals surface area contributed by atoms with E-state index in [1.165, 1.54) is 28.6 Å². The Morgan fingerprint density at radius 1 is 0.900 bits per heavy atom. The fourth-order valence-electron chi connectivity index (χ4n) is 3.39. The van der Waals surface area contributed by atoms with Gasteiger partial charge in [-0.15, -0.1) is 0 Å². The van der Waals surface area contributed by atoms with Crippen molar-refractivity contribution in [2.75, 3.05) is 10.8 Å². The average molecular weight is 421 g/mol. The number of fused-ring (bicyclic) bond motifs is 1. The standard InChI is InChI=1S/C22H19N3O4S/c1-2-24(16-9-4-3-5-10-16)30(28,29)18-12-8-11-17(15-18)25-21(26)19-13-6-7-14-20(19)23-22(25)27/h3-15H,2H2,1H3,(H,23,27). The van der Waals surface area contributed by atoms with E-state index in [1.807, 2.05) is 6.07 Å². The summed E-state index contributed by atoms with van der Waals surface area (Å²) in [5, 5.41) is 0.338. The van der Waals surface area contributed by atoms with Gasteiger partial charge in [0.2, 0.25) is 0 Å². The number of aromatic nitrogens is 2. The van der Waals surface area contributed by atoms with E-state index in [9.17, 15) is 18.0 Å². The van der Waals surface area contributed by atoms with Crippen molar-refractivity contribution in [1.82, 2.24) is 9.55 Å². The van der Waals surface area contributed by atoms with Crippen molar-refractivity contribution in [2.24, 2.45) is 0 Å². The zero-order valence-electron chi connectivity index (χ0n) is 16.1. The minimum Gasteiger partial charge on any atom is -0.306 e. The second-order valence-electron chi connectivity index (χ2n) is 6.62. The Labute approximate surface area is 172 Å². The number of aromatic amines is 1. The summed E-state index contributed by atoms with van der Waals surface area (Å²) in [6.07, 6.45) is 0. The number of para-hydroxylation sites is 2. The van der Waals surface area contributed by atoms with Crippen molar-refractivity contribution < 1.29 is 8.42 Å². The number of sulfonamides is 1. The van der Waals surface area contributed by atoms with E-state index in [0.29, 0.717) is 16.6 Å². The van der Waals surface area contributed by atoms with Crippen molar-refractivity contribution in [3.63, 3.8) is 0 Å². The molecule has 1 N–H and O–H groups in total. The molecule has 7 nitrogen and oxygen atoms in total. The summed E-state index contributed by atoms with van der Waals surface area (Å²) in [4.78, 5) is 28.1. The molecule has 0 atom stereocenters. The lowest BCUT2D eigenvalue weighted by atomic mass is 10.2. The van der Waals surface area contributed by atoms with E-state index < -0.39 is 21.3 Å². The smallest absolute Gasteiger partial charge is 0.306 e. The van der Waals surface area contributed by atoms with Crippen LogP contribution in [0.3, 0.4) is 0 Å². The van der Waals surface area contributed by atoms with Gasteiger partial charge < -0.3 is 4.98 Å². The van der Waals surface area contributed by atoms with E-state index in [-0.39, 0.29) is 17.1 Å². The van der Waals surface area contributed by atoms with Gasteiger partial charge in [-0.2, -0.15) is 0 Å². The highest BCUT2D eigenvalue weighted by atomic mass is 32.2. The highest BCUT2D eigenvalue weighted by Gasteiger charge is 2.24. The highest BCUT2D eigenvalue weighted by Crippen LogP contribution is 2.24. The number of H-pyrrole nitrogens is 1. The third kappa shape index (κ3) is 3.31. The molecule has 0 bridgehead atoms. The average Bonchev–Trinajstić information content (AvgIpc) is 2.75. The molecule has 0 unspecified atom stereocenters. The fourth-order valence-corrected chi connectivity index (χ4v) is 4.91. The predicted octanol–water partition coefficient (Wildman–Crippen LogP) is 2.89. The summed E-state index contributed by atoms with van der Waals surface area (Å²) < 4.78 is 28.8. The van der Waals surface area contributed by atoms with Crippen LogP contribution in [-0.4, -0.2) is 24.5 Å². The van der Waals surface area contributed by atoms with Gasteiger partial charge in [0.05, 0.1) is 27.2 Å². The Kier molecular flexibility index (Phi) is 5.01. The second-order valence-corrected chi connectivity index (χ2v) is 8.48. The molecule has 0 saturated carbocycles. The number of nitrogens with one attached hydrogen (secondary N) is 1. The van der Waals surface area contributed by atoms with Crippen LogP contribution in [0.25, 0.3) is 16.6 Å². The molecule has 0 fully saturated rings. The van der Waals surface area contributed by atoms with Crippen LogP contribution in [0, 0.1) is 0 Å². The summed E-state index contributed by atoms with van der Waals surface area (Å²) in [7, 11) is -3.90. The van der Waals surface area contributed by atoms with Gasteiger partial charge in [-0.05, 0) is 49.4 Å². The summed E-state index contributed by atoms with van der Waals surface area (Å²) >= 11 is 0. The molecule has 1 heterocycles. The van der Waals surface area contributed by atoms with Crippen molar-refractivity contribution >= 4 is 26.6 Å². The number of hydrogen-bond donors (Lipinski definition) is 1. The molecule has 152 valence electrons. The molecule has 0 amide bonds. The summed E-state index contributed by atoms with van der Waals surface area (Å²) in [5.41, 5.74) is -0.0139. The van der Waals surface area contributed by atoms with Crippen LogP contribution in [-0.2, 0) is 10.0 Å². The lowest BCUT2D eigenvalue weighted by molar-refractivity contribution is 0.591. The van der Waals surface area contributed by atoms with Crippen LogP contribution < -0.4 is 15.6 Å². The zero-order valence-corrected chi connectivity index (χ0v) is 17.0. The summed E-state index contributed by atoms with van der Waals surface area (Å²) in [6, 6.07) is 21.3. The maximum Gasteiger partial charge on any atom is 0.333 e. The number of nitrogens with zero attached hydrogens (tertiary/aromatic N) is 2. The van der Waals surface area contributed by atoms with E-state index in [0.717, 1.165) is 4.57 Å². The number of hydrogen-bond acceptors (Lipinski definition) is 4. The third-order valence-electron chi connectivity index (χ3n) is 4.80. The Hall–Kier alpha value is -3.65. The number of rotatable bonds is 5. The van der Waals surface area contributed by atoms with Crippen molar-refractivity contribution in [2.45, 2.75) is 11.8 Å². The minimum absolute atomic E-state index is 0.00911. The molecular weight excluding hydrogens is 402 g/mol. The van der Waals surface area contributed by atoms with Gasteiger partial charge in [0.25, 0.3) is 15.6 Å². The van der Waals surface area contributed by atoms with Crippen LogP contribution in [0.4, 0.5) is 5.69 Å². The first-order chi connectivity index (χ1) is 14.4. The Balaban J connectivity index is 1.87. The fraction of sp³-hybridized carbons (Fsp3) is 0.0909. The van der Waals surface area contributed by atoms with Gasteiger partial charge in [-0.25, -0.2) is 17.8 Å². The Morgan fingerprint density at radius 3 is 2.33 bits per heavy atom. The molecule has 0 radical (unpaired) electrons. The first-order valence-corrected chi connectivity index (χ1v) is 10.8. The van der Waals surface area contributed by atoms with Crippen LogP contribution in [0.15, 0.2) is 93.3 Å². The molecule has 0 aliphatic rings. The predicted molar refractivity (Wildman–Crippen MR) is 117 cm³/mol. The van der Waals surface area contributed by atoms with Gasteiger partial charge in [-0.3, -0.25) is 9.10 Å². The lowest BCUT2D eigenvalue weighted by Gasteiger charge is -2.23. The summed E-state index contributed by atoms with van der Waals surface area (Å²) in [5.74, 6) is 0. The number of anilines is 1. The lowest BCUT2D eigenvalue weighted by Crippen LogP contribution is -2.34. The monoisotopic (exact) mass is 421 g/mol. The third-order valence-corrected chi connectivity index (χ3v) is 6.70. The molecule has 0 spiro atoms. The van der Waals surface area contributed by atoms with Gasteiger partial charge >= 0.3 is 5.69 Å². The molecule has 0 aliphatic heterocycles. The highest BCUT2D eigenvalue weighted by molar-refractivity contribution is 7.92. The quantitative estimate of drug-likeness (QED) is 0.536. The van der Waals surface area contributed by atoms with Crippen molar-refractivity contribution in [3.05, 3.63) is 99.7 Å². The van der Waals surface area contributed by atoms with Gasteiger partial charge in [0.1, 0.15) is 0 Å². The van der Waals surface area contributed by atoms with E-state index in [4.69, 9.17) is 0 Å². The zero-order chi connectivity index (χ0) is 21.3. The molecule has 30 heavy (non-hydrogen) atoms. The normalized spacial score (nSPS) is 11.5. The molecule has 4 aromatic rings. The SMILES string of the molecule is CCN(c1ccccc1)S(=O)(=O)c1cccc(-n2c(=O)[nH]c3ccccc3c2=O)c1. The Bertz CT molecular complexity index is 1440. The van der Waals surface area contributed by atoms with Gasteiger partial charge in [0, 0.05) is 6.54 Å². The first-order valence-electron chi connectivity index (χ1n) is 9.36. The number of benzene rings is 3. The molecule has 0 saturated heterocycles. The van der Waals surface area contributed by atoms with Crippen LogP contribution >= 0.6 is 0 Å². The first kappa shape index (κ1) is 19.7. The van der Waals surface area contributed by atoms with Crippen molar-refractivity contribution in [1.29, 1.82) is 0 Å². The van der Waals surface area contributed by atoms with E-state index in [1.54, 1.807) is 55.5 Å². The maximum absolute atomic E-state index is 13.3. The molecule has 4 rings (SSSR count). The van der Waals surface area contributed by atoms with Crippen LogP contribution in [0.2, 0.25) is 0 Å². The van der Waals surface area contributed by atoms with E-state index >= 15 is 0 Å². The topological polar surface area (TPSA) is 92.2 Å². The summed E-state index contributed by atoms with van der Waals surface area (Å²) in [6.45, 7) is 1.97. The molecule has 3 aromatic carbocycles. The molecule has 8 heteroatoms. The largest absolute Gasteiger partial charge is 0.333 e.